The normalized spacial score (nSPS) is 17.1. The molecule has 1 amide bonds. The van der Waals surface area contributed by atoms with Gasteiger partial charge in [0.05, 0.1) is 6.04 Å². The van der Waals surface area contributed by atoms with Crippen LogP contribution < -0.4 is 5.32 Å². The monoisotopic (exact) mass is 501 g/mol. The van der Waals surface area contributed by atoms with Crippen molar-refractivity contribution in [1.82, 2.24) is 20.0 Å². The fourth-order valence-corrected chi connectivity index (χ4v) is 3.53. The zero-order chi connectivity index (χ0) is 19.6. The minimum Gasteiger partial charge on any atom is -0.357 e. The third-order valence-corrected chi connectivity index (χ3v) is 4.91. The summed E-state index contributed by atoms with van der Waals surface area (Å²) in [7, 11) is 5.75. The number of guanidine groups is 1. The second kappa shape index (κ2) is 13.0. The molecule has 1 aliphatic rings. The quantitative estimate of drug-likeness (QED) is 0.258. The first-order chi connectivity index (χ1) is 13.0. The molecule has 0 radical (unpaired) electrons. The average Bonchev–Trinajstić information content (AvgIpc) is 3.12. The number of aliphatic imine (C=N–C) groups is 1. The zero-order valence-electron chi connectivity index (χ0n) is 17.7. The Morgan fingerprint density at radius 2 is 1.96 bits per heavy atom. The van der Waals surface area contributed by atoms with E-state index in [1.165, 1.54) is 5.56 Å². The number of amides is 1. The molecule has 2 rings (SSSR count). The van der Waals surface area contributed by atoms with Gasteiger partial charge >= 0.3 is 0 Å². The van der Waals surface area contributed by atoms with Crippen molar-refractivity contribution >= 4 is 35.8 Å². The molecule has 0 saturated carbocycles. The molecular formula is C21H36IN5O. The molecule has 1 atom stereocenters. The highest BCUT2D eigenvalue weighted by Crippen LogP contribution is 2.18. The molecule has 1 unspecified atom stereocenters. The van der Waals surface area contributed by atoms with E-state index in [1.807, 2.05) is 20.2 Å². The van der Waals surface area contributed by atoms with Gasteiger partial charge in [-0.05, 0) is 38.3 Å². The van der Waals surface area contributed by atoms with Crippen molar-refractivity contribution in [3.63, 3.8) is 0 Å². The number of rotatable bonds is 8. The van der Waals surface area contributed by atoms with Crippen LogP contribution in [0.15, 0.2) is 35.3 Å². The number of halogens is 1. The molecule has 6 nitrogen and oxygen atoms in total. The molecule has 1 fully saturated rings. The Bertz CT molecular complexity index is 608. The van der Waals surface area contributed by atoms with Gasteiger partial charge in [0.1, 0.15) is 0 Å². The van der Waals surface area contributed by atoms with Crippen LogP contribution in [-0.4, -0.2) is 79.9 Å². The van der Waals surface area contributed by atoms with Crippen molar-refractivity contribution in [2.45, 2.75) is 38.8 Å². The molecule has 158 valence electrons. The van der Waals surface area contributed by atoms with Gasteiger partial charge in [-0.2, -0.15) is 0 Å². The van der Waals surface area contributed by atoms with Gasteiger partial charge in [0.25, 0.3) is 0 Å². The molecule has 7 heteroatoms. The first-order valence-electron chi connectivity index (χ1n) is 10.0. The lowest BCUT2D eigenvalue weighted by Crippen LogP contribution is -2.43. The Kier molecular flexibility index (Phi) is 11.4. The lowest BCUT2D eigenvalue weighted by molar-refractivity contribution is -0.133. The van der Waals surface area contributed by atoms with E-state index < -0.39 is 0 Å². The number of likely N-dealkylation sites (tertiary alicyclic amines) is 1. The summed E-state index contributed by atoms with van der Waals surface area (Å²) < 4.78 is 0. The number of likely N-dealkylation sites (N-methyl/N-ethyl adjacent to an activating group) is 1. The van der Waals surface area contributed by atoms with E-state index in [2.05, 4.69) is 53.4 Å². The Balaban J connectivity index is 0.00000392. The smallest absolute Gasteiger partial charge is 0.239 e. The Labute approximate surface area is 187 Å². The SMILES string of the molecule is CCNC(=NCCCN1CCCC1C(=O)N(C)C)N(C)Cc1ccccc1.I. The molecular weight excluding hydrogens is 465 g/mol. The third-order valence-electron chi connectivity index (χ3n) is 4.91. The molecule has 0 bridgehead atoms. The van der Waals surface area contributed by atoms with E-state index in [-0.39, 0.29) is 35.9 Å². The van der Waals surface area contributed by atoms with Crippen LogP contribution in [0.2, 0.25) is 0 Å². The molecule has 1 saturated heterocycles. The van der Waals surface area contributed by atoms with Gasteiger partial charge in [-0.15, -0.1) is 24.0 Å². The van der Waals surface area contributed by atoms with Crippen LogP contribution in [0.25, 0.3) is 0 Å². The Morgan fingerprint density at radius 1 is 1.25 bits per heavy atom. The van der Waals surface area contributed by atoms with E-state index in [9.17, 15) is 4.79 Å². The fraction of sp³-hybridized carbons (Fsp3) is 0.619. The van der Waals surface area contributed by atoms with Crippen molar-refractivity contribution < 1.29 is 4.79 Å². The lowest BCUT2D eigenvalue weighted by atomic mass is 10.2. The van der Waals surface area contributed by atoms with Crippen LogP contribution in [0.5, 0.6) is 0 Å². The first kappa shape index (κ1) is 24.7. The number of carbonyl (C=O) groups excluding carboxylic acids is 1. The number of nitrogens with one attached hydrogen (secondary N) is 1. The first-order valence-corrected chi connectivity index (χ1v) is 10.0. The summed E-state index contributed by atoms with van der Waals surface area (Å²) in [6.45, 7) is 6.48. The molecule has 1 aromatic carbocycles. The second-order valence-corrected chi connectivity index (χ2v) is 7.36. The minimum atomic E-state index is 0. The second-order valence-electron chi connectivity index (χ2n) is 7.36. The van der Waals surface area contributed by atoms with Gasteiger partial charge < -0.3 is 15.1 Å². The number of hydrogen-bond donors (Lipinski definition) is 1. The molecule has 1 heterocycles. The topological polar surface area (TPSA) is 51.2 Å². The van der Waals surface area contributed by atoms with Gasteiger partial charge in [0, 0.05) is 47.3 Å². The van der Waals surface area contributed by atoms with Gasteiger partial charge in [-0.1, -0.05) is 30.3 Å². The van der Waals surface area contributed by atoms with E-state index in [4.69, 9.17) is 4.99 Å². The predicted molar refractivity (Wildman–Crippen MR) is 127 cm³/mol. The van der Waals surface area contributed by atoms with Crippen LogP contribution in [0.3, 0.4) is 0 Å². The minimum absolute atomic E-state index is 0. The van der Waals surface area contributed by atoms with Gasteiger partial charge in [-0.25, -0.2) is 0 Å². The highest BCUT2D eigenvalue weighted by molar-refractivity contribution is 14.0. The molecule has 28 heavy (non-hydrogen) atoms. The third kappa shape index (κ3) is 7.58. The summed E-state index contributed by atoms with van der Waals surface area (Å²) >= 11 is 0. The standard InChI is InChI=1S/C21H35N5O.HI/c1-5-22-21(25(4)17-18-11-7-6-8-12-18)23-14-10-16-26-15-9-13-19(26)20(27)24(2)3;/h6-8,11-12,19H,5,9-10,13-17H2,1-4H3,(H,22,23);1H. The van der Waals surface area contributed by atoms with E-state index >= 15 is 0 Å². The van der Waals surface area contributed by atoms with E-state index in [0.29, 0.717) is 0 Å². The summed E-state index contributed by atoms with van der Waals surface area (Å²) in [4.78, 5) is 23.3. The number of hydrogen-bond acceptors (Lipinski definition) is 3. The lowest BCUT2D eigenvalue weighted by Gasteiger charge is -2.26. The summed E-state index contributed by atoms with van der Waals surface area (Å²) in [6, 6.07) is 10.5. The van der Waals surface area contributed by atoms with Crippen LogP contribution in [0.4, 0.5) is 0 Å². The molecule has 1 aromatic rings. The molecule has 0 aliphatic carbocycles. The summed E-state index contributed by atoms with van der Waals surface area (Å²) in [5.41, 5.74) is 1.27. The fourth-order valence-electron chi connectivity index (χ4n) is 3.53. The van der Waals surface area contributed by atoms with Gasteiger partial charge in [0.2, 0.25) is 5.91 Å². The predicted octanol–water partition coefficient (Wildman–Crippen LogP) is 2.64. The largest absolute Gasteiger partial charge is 0.357 e. The van der Waals surface area contributed by atoms with Crippen LogP contribution in [0, 0.1) is 0 Å². The number of nitrogens with zero attached hydrogens (tertiary/aromatic N) is 4. The Hall–Kier alpha value is -1.35. The van der Waals surface area contributed by atoms with E-state index in [1.54, 1.807) is 4.90 Å². The zero-order valence-corrected chi connectivity index (χ0v) is 20.1. The van der Waals surface area contributed by atoms with Crippen LogP contribution >= 0.6 is 24.0 Å². The van der Waals surface area contributed by atoms with Crippen LogP contribution in [-0.2, 0) is 11.3 Å². The highest BCUT2D eigenvalue weighted by atomic mass is 127. The molecule has 0 spiro atoms. The van der Waals surface area contributed by atoms with Crippen molar-refractivity contribution in [2.24, 2.45) is 4.99 Å². The van der Waals surface area contributed by atoms with Crippen molar-refractivity contribution in [1.29, 1.82) is 0 Å². The number of benzene rings is 1. The molecule has 0 aromatic heterocycles. The number of carbonyl (C=O) groups is 1. The molecule has 1 N–H and O–H groups in total. The maximum atomic E-state index is 12.3. The van der Waals surface area contributed by atoms with Crippen LogP contribution in [0.1, 0.15) is 31.7 Å². The maximum Gasteiger partial charge on any atom is 0.239 e. The highest BCUT2D eigenvalue weighted by Gasteiger charge is 2.30. The Morgan fingerprint density at radius 3 is 2.61 bits per heavy atom. The summed E-state index contributed by atoms with van der Waals surface area (Å²) in [5.74, 6) is 1.16. The average molecular weight is 501 g/mol. The summed E-state index contributed by atoms with van der Waals surface area (Å²) in [5, 5.41) is 3.37. The van der Waals surface area contributed by atoms with Gasteiger partial charge in [0.15, 0.2) is 5.96 Å². The van der Waals surface area contributed by atoms with Crippen molar-refractivity contribution in [3.05, 3.63) is 35.9 Å². The molecule has 1 aliphatic heterocycles. The maximum absolute atomic E-state index is 12.3. The van der Waals surface area contributed by atoms with Crippen molar-refractivity contribution in [2.75, 3.05) is 47.3 Å². The van der Waals surface area contributed by atoms with Crippen molar-refractivity contribution in [3.8, 4) is 0 Å². The summed E-state index contributed by atoms with van der Waals surface area (Å²) in [6.07, 6.45) is 3.05. The van der Waals surface area contributed by atoms with E-state index in [0.717, 1.165) is 57.9 Å². The van der Waals surface area contributed by atoms with Gasteiger partial charge in [-0.3, -0.25) is 14.7 Å².